The molecule has 2 aromatic carbocycles. The van der Waals surface area contributed by atoms with E-state index in [-0.39, 0.29) is 11.6 Å². The van der Waals surface area contributed by atoms with E-state index in [0.717, 1.165) is 14.7 Å². The van der Waals surface area contributed by atoms with Crippen molar-refractivity contribution in [3.63, 3.8) is 0 Å². The highest BCUT2D eigenvalue weighted by Crippen LogP contribution is 2.36. The Balaban J connectivity index is 1.61. The van der Waals surface area contributed by atoms with Crippen molar-refractivity contribution in [2.45, 2.75) is 13.5 Å². The van der Waals surface area contributed by atoms with E-state index in [1.54, 1.807) is 18.2 Å². The molecule has 0 saturated carbocycles. The predicted molar refractivity (Wildman–Crippen MR) is 120 cm³/mol. The highest BCUT2D eigenvalue weighted by atomic mass is 127. The maximum absolute atomic E-state index is 12.2. The van der Waals surface area contributed by atoms with Crippen molar-refractivity contribution in [1.29, 1.82) is 0 Å². The number of esters is 1. The number of benzene rings is 2. The Morgan fingerprint density at radius 1 is 1.10 bits per heavy atom. The van der Waals surface area contributed by atoms with Crippen LogP contribution >= 0.6 is 22.6 Å². The predicted octanol–water partition coefficient (Wildman–Crippen LogP) is 5.21. The van der Waals surface area contributed by atoms with E-state index < -0.39 is 5.97 Å². The van der Waals surface area contributed by atoms with Gasteiger partial charge >= 0.3 is 5.97 Å². The second kappa shape index (κ2) is 9.17. The molecule has 0 N–H and O–H groups in total. The van der Waals surface area contributed by atoms with Crippen LogP contribution in [0.3, 0.4) is 0 Å². The Labute approximate surface area is 187 Å². The molecule has 0 bridgehead atoms. The normalized spacial score (nSPS) is 14.5. The summed E-state index contributed by atoms with van der Waals surface area (Å²) >= 11 is 2.20. The first kappa shape index (κ1) is 20.2. The lowest BCUT2D eigenvalue weighted by atomic mass is 10.1. The summed E-state index contributed by atoms with van der Waals surface area (Å²) in [6, 6.07) is 17.0. The standard InChI is InChI=1S/C23H18INO5/c1-2-27-20-13-16(11-17(24)21(20)29-14-15-7-4-3-5-8-15)12-18-23(26)30-22(25-18)19-9-6-10-28-19/h3-13H,2,14H2,1H3/b18-12-. The number of rotatable bonds is 7. The van der Waals surface area contributed by atoms with Gasteiger partial charge in [-0.25, -0.2) is 9.79 Å². The second-order valence-corrected chi connectivity index (χ2v) is 7.51. The van der Waals surface area contributed by atoms with Gasteiger partial charge in [-0.05, 0) is 71.0 Å². The summed E-state index contributed by atoms with van der Waals surface area (Å²) in [5.41, 5.74) is 2.01. The zero-order valence-corrected chi connectivity index (χ0v) is 18.3. The molecule has 6 nitrogen and oxygen atoms in total. The molecular formula is C23H18INO5. The Kier molecular flexibility index (Phi) is 6.18. The summed E-state index contributed by atoms with van der Waals surface area (Å²) < 4.78 is 23.1. The zero-order valence-electron chi connectivity index (χ0n) is 16.1. The van der Waals surface area contributed by atoms with Crippen LogP contribution in [-0.4, -0.2) is 18.5 Å². The summed E-state index contributed by atoms with van der Waals surface area (Å²) in [6.07, 6.45) is 3.15. The van der Waals surface area contributed by atoms with Gasteiger partial charge in [-0.3, -0.25) is 0 Å². The molecule has 0 unspecified atom stereocenters. The fourth-order valence-corrected chi connectivity index (χ4v) is 3.66. The molecule has 0 fully saturated rings. The molecule has 1 aromatic heterocycles. The van der Waals surface area contributed by atoms with E-state index in [1.807, 2.05) is 49.4 Å². The Hall–Kier alpha value is -3.07. The third-order valence-corrected chi connectivity index (χ3v) is 5.01. The van der Waals surface area contributed by atoms with Crippen molar-refractivity contribution in [1.82, 2.24) is 0 Å². The van der Waals surface area contributed by atoms with E-state index in [0.29, 0.717) is 30.5 Å². The molecule has 2 heterocycles. The van der Waals surface area contributed by atoms with Crippen LogP contribution in [0.2, 0.25) is 0 Å². The first-order valence-electron chi connectivity index (χ1n) is 9.33. The summed E-state index contributed by atoms with van der Waals surface area (Å²) in [4.78, 5) is 16.4. The lowest BCUT2D eigenvalue weighted by Crippen LogP contribution is -2.04. The van der Waals surface area contributed by atoms with E-state index in [4.69, 9.17) is 18.6 Å². The Morgan fingerprint density at radius 2 is 1.93 bits per heavy atom. The van der Waals surface area contributed by atoms with Gasteiger partial charge in [0.25, 0.3) is 5.90 Å². The average Bonchev–Trinajstić information content (AvgIpc) is 3.39. The van der Waals surface area contributed by atoms with Crippen molar-refractivity contribution >= 4 is 40.5 Å². The number of ether oxygens (including phenoxy) is 3. The smallest absolute Gasteiger partial charge is 0.363 e. The van der Waals surface area contributed by atoms with Crippen LogP contribution in [0.4, 0.5) is 0 Å². The van der Waals surface area contributed by atoms with Crippen LogP contribution in [0, 0.1) is 3.57 Å². The fourth-order valence-electron chi connectivity index (χ4n) is 2.88. The highest BCUT2D eigenvalue weighted by Gasteiger charge is 2.26. The van der Waals surface area contributed by atoms with Gasteiger partial charge in [0.05, 0.1) is 16.4 Å². The zero-order chi connectivity index (χ0) is 20.9. The molecular weight excluding hydrogens is 497 g/mol. The summed E-state index contributed by atoms with van der Waals surface area (Å²) in [6.45, 7) is 2.83. The van der Waals surface area contributed by atoms with E-state index >= 15 is 0 Å². The van der Waals surface area contributed by atoms with Crippen LogP contribution < -0.4 is 9.47 Å². The number of hydrogen-bond donors (Lipinski definition) is 0. The van der Waals surface area contributed by atoms with Gasteiger partial charge in [0.1, 0.15) is 6.61 Å². The minimum absolute atomic E-state index is 0.152. The van der Waals surface area contributed by atoms with Gasteiger partial charge in [-0.1, -0.05) is 30.3 Å². The molecule has 4 rings (SSSR count). The number of carbonyl (C=O) groups excluding carboxylic acids is 1. The van der Waals surface area contributed by atoms with Gasteiger partial charge in [0.2, 0.25) is 0 Å². The molecule has 0 radical (unpaired) electrons. The van der Waals surface area contributed by atoms with Gasteiger partial charge < -0.3 is 18.6 Å². The number of furan rings is 1. The van der Waals surface area contributed by atoms with Crippen molar-refractivity contribution in [2.24, 2.45) is 4.99 Å². The minimum atomic E-state index is -0.529. The fraction of sp³-hybridized carbons (Fsp3) is 0.130. The number of carbonyl (C=O) groups is 1. The van der Waals surface area contributed by atoms with Crippen LogP contribution in [0.1, 0.15) is 23.8 Å². The van der Waals surface area contributed by atoms with Crippen LogP contribution in [0.25, 0.3) is 6.08 Å². The lowest BCUT2D eigenvalue weighted by Gasteiger charge is -2.15. The maximum atomic E-state index is 12.2. The minimum Gasteiger partial charge on any atom is -0.490 e. The second-order valence-electron chi connectivity index (χ2n) is 6.35. The third kappa shape index (κ3) is 4.56. The summed E-state index contributed by atoms with van der Waals surface area (Å²) in [5.74, 6) is 1.30. The number of cyclic esters (lactones) is 1. The quantitative estimate of drug-likeness (QED) is 0.246. The van der Waals surface area contributed by atoms with E-state index in [1.165, 1.54) is 6.26 Å². The van der Waals surface area contributed by atoms with Crippen LogP contribution in [0.5, 0.6) is 11.5 Å². The summed E-state index contributed by atoms with van der Waals surface area (Å²) in [5, 5.41) is 0. The van der Waals surface area contributed by atoms with Gasteiger partial charge in [-0.15, -0.1) is 0 Å². The first-order chi connectivity index (χ1) is 14.6. The van der Waals surface area contributed by atoms with Crippen molar-refractivity contribution < 1.29 is 23.4 Å². The molecule has 0 spiro atoms. The molecule has 0 atom stereocenters. The van der Waals surface area contributed by atoms with Crippen LogP contribution in [-0.2, 0) is 16.1 Å². The average molecular weight is 515 g/mol. The molecule has 1 aliphatic rings. The molecule has 0 saturated heterocycles. The first-order valence-corrected chi connectivity index (χ1v) is 10.4. The van der Waals surface area contributed by atoms with Gasteiger partial charge in [0, 0.05) is 0 Å². The van der Waals surface area contributed by atoms with E-state index in [2.05, 4.69) is 27.6 Å². The van der Waals surface area contributed by atoms with Crippen molar-refractivity contribution in [3.05, 3.63) is 87.0 Å². The van der Waals surface area contributed by atoms with Crippen LogP contribution in [0.15, 0.2) is 76.0 Å². The molecule has 3 aromatic rings. The third-order valence-electron chi connectivity index (χ3n) is 4.21. The van der Waals surface area contributed by atoms with E-state index in [9.17, 15) is 4.79 Å². The van der Waals surface area contributed by atoms with Gasteiger partial charge in [0.15, 0.2) is 23.0 Å². The molecule has 30 heavy (non-hydrogen) atoms. The Bertz CT molecular complexity index is 1100. The van der Waals surface area contributed by atoms with Gasteiger partial charge in [-0.2, -0.15) is 0 Å². The maximum Gasteiger partial charge on any atom is 0.363 e. The molecule has 7 heteroatoms. The summed E-state index contributed by atoms with van der Waals surface area (Å²) in [7, 11) is 0. The number of halogens is 1. The topological polar surface area (TPSA) is 70.3 Å². The number of aliphatic imine (C=N–C) groups is 1. The van der Waals surface area contributed by atoms with Crippen molar-refractivity contribution in [2.75, 3.05) is 6.61 Å². The Morgan fingerprint density at radius 3 is 2.67 bits per heavy atom. The van der Waals surface area contributed by atoms with Crippen molar-refractivity contribution in [3.8, 4) is 11.5 Å². The molecule has 1 aliphatic heterocycles. The molecule has 0 amide bonds. The monoisotopic (exact) mass is 515 g/mol. The lowest BCUT2D eigenvalue weighted by molar-refractivity contribution is -0.130. The molecule has 152 valence electrons. The highest BCUT2D eigenvalue weighted by molar-refractivity contribution is 14.1. The SMILES string of the molecule is CCOc1cc(/C=C2\N=C(c3ccco3)OC2=O)cc(I)c1OCc1ccccc1. The molecule has 0 aliphatic carbocycles. The largest absolute Gasteiger partial charge is 0.490 e. The number of nitrogens with zero attached hydrogens (tertiary/aromatic N) is 1. The number of hydrogen-bond acceptors (Lipinski definition) is 6.